The van der Waals surface area contributed by atoms with Crippen molar-refractivity contribution < 1.29 is 17.5 Å². The Bertz CT molecular complexity index is 615. The van der Waals surface area contributed by atoms with Crippen molar-refractivity contribution in [2.75, 3.05) is 20.2 Å². The Balaban J connectivity index is 0.00000220. The zero-order valence-electron chi connectivity index (χ0n) is 11.4. The summed E-state index contributed by atoms with van der Waals surface area (Å²) in [4.78, 5) is -0.166. The molecule has 2 rings (SSSR count). The van der Waals surface area contributed by atoms with Gasteiger partial charge in [-0.25, -0.2) is 12.8 Å². The van der Waals surface area contributed by atoms with Crippen molar-refractivity contribution in [1.82, 2.24) is 4.31 Å². The average molecular weight is 404 g/mol. The van der Waals surface area contributed by atoms with E-state index in [0.717, 1.165) is 18.9 Å². The summed E-state index contributed by atoms with van der Waals surface area (Å²) < 4.78 is 45.5. The molecule has 120 valence electrons. The largest absolute Gasteiger partial charge is 0.495 e. The number of methoxy groups -OCH3 is 1. The summed E-state index contributed by atoms with van der Waals surface area (Å²) in [5.74, 6) is -0.534. The van der Waals surface area contributed by atoms with E-state index in [-0.39, 0.29) is 40.1 Å². The molecule has 21 heavy (non-hydrogen) atoms. The van der Waals surface area contributed by atoms with Crippen molar-refractivity contribution in [1.29, 1.82) is 0 Å². The summed E-state index contributed by atoms with van der Waals surface area (Å²) in [7, 11) is -2.46. The van der Waals surface area contributed by atoms with Crippen molar-refractivity contribution in [3.05, 3.63) is 22.4 Å². The van der Waals surface area contributed by atoms with E-state index in [1.165, 1.54) is 17.5 Å². The average Bonchev–Trinajstić information content (AvgIpc) is 2.90. The lowest BCUT2D eigenvalue weighted by molar-refractivity contribution is 0.377. The van der Waals surface area contributed by atoms with Crippen molar-refractivity contribution in [2.45, 2.75) is 23.8 Å². The summed E-state index contributed by atoms with van der Waals surface area (Å²) in [6.07, 6.45) is 1.47. The highest BCUT2D eigenvalue weighted by Crippen LogP contribution is 2.34. The van der Waals surface area contributed by atoms with E-state index in [9.17, 15) is 12.8 Å². The molecule has 0 amide bonds. The first-order valence-electron chi connectivity index (χ1n) is 6.16. The molecular weight excluding hydrogens is 387 g/mol. The molecule has 9 heteroatoms. The number of hydrogen-bond donors (Lipinski definition) is 1. The van der Waals surface area contributed by atoms with Gasteiger partial charge in [-0.2, -0.15) is 4.31 Å². The topological polar surface area (TPSA) is 72.6 Å². The van der Waals surface area contributed by atoms with Crippen LogP contribution in [0.15, 0.2) is 21.5 Å². The Morgan fingerprint density at radius 2 is 2.19 bits per heavy atom. The number of benzene rings is 1. The van der Waals surface area contributed by atoms with Crippen molar-refractivity contribution in [2.24, 2.45) is 5.73 Å². The number of ether oxygens (including phenoxy) is 1. The molecular formula is C12H17BrClFN2O3S. The SMILES string of the molecule is COc1cc(Br)c(F)cc1S(=O)(=O)N1CCCC1CN.Cl. The van der Waals surface area contributed by atoms with Crippen molar-refractivity contribution in [3.63, 3.8) is 0 Å². The minimum absolute atomic E-state index is 0. The third-order valence-corrected chi connectivity index (χ3v) is 5.97. The highest BCUT2D eigenvalue weighted by molar-refractivity contribution is 9.10. The molecule has 0 bridgehead atoms. The van der Waals surface area contributed by atoms with Gasteiger partial charge in [0, 0.05) is 19.1 Å². The highest BCUT2D eigenvalue weighted by Gasteiger charge is 2.36. The standard InChI is InChI=1S/C12H16BrFN2O3S.ClH/c1-19-11-5-9(13)10(14)6-12(11)20(17,18)16-4-2-3-8(16)7-15;/h5-6,8H,2-4,7,15H2,1H3;1H. The second-order valence-electron chi connectivity index (χ2n) is 4.56. The second-order valence-corrected chi connectivity index (χ2v) is 7.28. The van der Waals surface area contributed by atoms with Gasteiger partial charge in [0.2, 0.25) is 10.0 Å². The van der Waals surface area contributed by atoms with E-state index in [4.69, 9.17) is 10.5 Å². The van der Waals surface area contributed by atoms with Gasteiger partial charge in [0.1, 0.15) is 16.5 Å². The molecule has 0 saturated carbocycles. The fraction of sp³-hybridized carbons (Fsp3) is 0.500. The lowest BCUT2D eigenvalue weighted by atomic mass is 10.2. The molecule has 2 N–H and O–H groups in total. The fourth-order valence-electron chi connectivity index (χ4n) is 2.36. The molecule has 1 unspecified atom stereocenters. The number of sulfonamides is 1. The zero-order valence-corrected chi connectivity index (χ0v) is 14.6. The van der Waals surface area contributed by atoms with Gasteiger partial charge >= 0.3 is 0 Å². The predicted molar refractivity (Wildman–Crippen MR) is 83.9 cm³/mol. The zero-order chi connectivity index (χ0) is 14.9. The molecule has 1 aromatic rings. The molecule has 1 saturated heterocycles. The van der Waals surface area contributed by atoms with Crippen LogP contribution >= 0.6 is 28.3 Å². The van der Waals surface area contributed by atoms with Crippen LogP contribution in [0.5, 0.6) is 5.75 Å². The van der Waals surface area contributed by atoms with Crippen LogP contribution in [0.25, 0.3) is 0 Å². The Labute approximate surface area is 138 Å². The summed E-state index contributed by atoms with van der Waals surface area (Å²) >= 11 is 3.01. The van der Waals surface area contributed by atoms with E-state index in [1.807, 2.05) is 0 Å². The molecule has 1 heterocycles. The van der Waals surface area contributed by atoms with E-state index < -0.39 is 15.8 Å². The van der Waals surface area contributed by atoms with Crippen LogP contribution in [-0.4, -0.2) is 39.0 Å². The third kappa shape index (κ3) is 3.50. The molecule has 1 aliphatic heterocycles. The number of nitrogens with two attached hydrogens (primary N) is 1. The van der Waals surface area contributed by atoms with Crippen LogP contribution in [0.2, 0.25) is 0 Å². The second kappa shape index (κ2) is 7.23. The Morgan fingerprint density at radius 3 is 2.76 bits per heavy atom. The third-order valence-electron chi connectivity index (χ3n) is 3.39. The normalized spacial score (nSPS) is 19.3. The molecule has 0 aromatic heterocycles. The summed E-state index contributed by atoms with van der Waals surface area (Å²) in [5.41, 5.74) is 5.60. The first-order chi connectivity index (χ1) is 9.41. The first-order valence-corrected chi connectivity index (χ1v) is 8.40. The number of hydrogen-bond acceptors (Lipinski definition) is 4. The monoisotopic (exact) mass is 402 g/mol. The number of rotatable bonds is 4. The lowest BCUT2D eigenvalue weighted by Gasteiger charge is -2.24. The summed E-state index contributed by atoms with van der Waals surface area (Å²) in [6.45, 7) is 0.644. The molecule has 1 fully saturated rings. The van der Waals surface area contributed by atoms with Crippen LogP contribution in [0.1, 0.15) is 12.8 Å². The van der Waals surface area contributed by atoms with Gasteiger partial charge in [0.25, 0.3) is 0 Å². The predicted octanol–water partition coefficient (Wildman–Crippen LogP) is 2.13. The van der Waals surface area contributed by atoms with Crippen molar-refractivity contribution >= 4 is 38.4 Å². The van der Waals surface area contributed by atoms with Gasteiger partial charge in [-0.3, -0.25) is 0 Å². The Hall–Kier alpha value is -0.410. The summed E-state index contributed by atoms with van der Waals surface area (Å²) in [5, 5.41) is 0. The first kappa shape index (κ1) is 18.6. The Morgan fingerprint density at radius 1 is 1.52 bits per heavy atom. The molecule has 0 spiro atoms. The smallest absolute Gasteiger partial charge is 0.247 e. The molecule has 1 aliphatic rings. The van der Waals surface area contributed by atoms with E-state index >= 15 is 0 Å². The highest BCUT2D eigenvalue weighted by atomic mass is 79.9. The molecule has 5 nitrogen and oxygen atoms in total. The molecule has 0 radical (unpaired) electrons. The minimum Gasteiger partial charge on any atom is -0.495 e. The van der Waals surface area contributed by atoms with Gasteiger partial charge < -0.3 is 10.5 Å². The van der Waals surface area contributed by atoms with Crippen LogP contribution in [0, 0.1) is 5.82 Å². The molecule has 1 aromatic carbocycles. The summed E-state index contributed by atoms with van der Waals surface area (Å²) in [6, 6.07) is 2.05. The van der Waals surface area contributed by atoms with Crippen LogP contribution < -0.4 is 10.5 Å². The van der Waals surface area contributed by atoms with E-state index in [0.29, 0.717) is 6.54 Å². The lowest BCUT2D eigenvalue weighted by Crippen LogP contribution is -2.40. The maximum Gasteiger partial charge on any atom is 0.247 e. The van der Waals surface area contributed by atoms with Crippen LogP contribution in [-0.2, 0) is 10.0 Å². The minimum atomic E-state index is -3.81. The fourth-order valence-corrected chi connectivity index (χ4v) is 4.54. The van der Waals surface area contributed by atoms with Crippen LogP contribution in [0.4, 0.5) is 4.39 Å². The van der Waals surface area contributed by atoms with Gasteiger partial charge in [-0.1, -0.05) is 0 Å². The van der Waals surface area contributed by atoms with Crippen molar-refractivity contribution in [3.8, 4) is 5.75 Å². The van der Waals surface area contributed by atoms with E-state index in [1.54, 1.807) is 0 Å². The quantitative estimate of drug-likeness (QED) is 0.836. The van der Waals surface area contributed by atoms with Gasteiger partial charge in [0.05, 0.1) is 11.6 Å². The van der Waals surface area contributed by atoms with Gasteiger partial charge in [-0.15, -0.1) is 12.4 Å². The maximum absolute atomic E-state index is 13.7. The van der Waals surface area contributed by atoms with Gasteiger partial charge in [0.15, 0.2) is 0 Å². The van der Waals surface area contributed by atoms with E-state index in [2.05, 4.69) is 15.9 Å². The van der Waals surface area contributed by atoms with Gasteiger partial charge in [-0.05, 0) is 40.9 Å². The van der Waals surface area contributed by atoms with Crippen LogP contribution in [0.3, 0.4) is 0 Å². The maximum atomic E-state index is 13.7. The number of halogens is 3. The number of nitrogens with zero attached hydrogens (tertiary/aromatic N) is 1. The molecule has 1 atom stereocenters. The molecule has 0 aliphatic carbocycles. The Kier molecular flexibility index (Phi) is 6.42.